The van der Waals surface area contributed by atoms with Crippen molar-refractivity contribution in [3.63, 3.8) is 0 Å². The molecule has 0 bridgehead atoms. The Kier molecular flexibility index (Phi) is 3.03. The van der Waals surface area contributed by atoms with Crippen molar-refractivity contribution in [2.45, 2.75) is 89.9 Å². The molecule has 5 aliphatic rings. The van der Waals surface area contributed by atoms with E-state index in [1.54, 1.807) is 6.92 Å². The lowest BCUT2D eigenvalue weighted by Gasteiger charge is -2.58. The Bertz CT molecular complexity index is 683. The van der Waals surface area contributed by atoms with Crippen LogP contribution in [0.4, 0.5) is 0 Å². The largest absolute Gasteiger partial charge is 0.393 e. The summed E-state index contributed by atoms with van der Waals surface area (Å²) >= 11 is 0. The van der Waals surface area contributed by atoms with Gasteiger partial charge in [-0.2, -0.15) is 0 Å². The van der Waals surface area contributed by atoms with Gasteiger partial charge in [-0.3, -0.25) is 4.79 Å². The highest BCUT2D eigenvalue weighted by Gasteiger charge is 2.85. The number of carbonyl (C=O) groups excluding carboxylic acids is 1. The van der Waals surface area contributed by atoms with Crippen molar-refractivity contribution in [2.75, 3.05) is 0 Å². The highest BCUT2D eigenvalue weighted by atomic mass is 16.6. The molecule has 0 radical (unpaired) electrons. The lowest BCUT2D eigenvalue weighted by molar-refractivity contribution is -0.135. The van der Waals surface area contributed by atoms with Gasteiger partial charge in [0, 0.05) is 5.41 Å². The number of epoxide rings is 1. The van der Waals surface area contributed by atoms with E-state index in [9.17, 15) is 9.90 Å². The van der Waals surface area contributed by atoms with Crippen molar-refractivity contribution in [1.82, 2.24) is 0 Å². The summed E-state index contributed by atoms with van der Waals surface area (Å²) in [6.45, 7) is 8.72. The smallest absolute Gasteiger partial charge is 0.165 e. The lowest BCUT2D eigenvalue weighted by atomic mass is 9.47. The Morgan fingerprint density at radius 2 is 1.96 bits per heavy atom. The van der Waals surface area contributed by atoms with Gasteiger partial charge in [0.05, 0.1) is 6.10 Å². The molecule has 1 saturated heterocycles. The Morgan fingerprint density at radius 3 is 2.68 bits per heavy atom. The van der Waals surface area contributed by atoms with Crippen LogP contribution >= 0.6 is 0 Å². The monoisotopic (exact) mass is 344 g/mol. The molecule has 0 spiro atoms. The van der Waals surface area contributed by atoms with Crippen molar-refractivity contribution in [3.8, 4) is 0 Å². The molecule has 25 heavy (non-hydrogen) atoms. The molecule has 0 unspecified atom stereocenters. The number of rotatable bonds is 1. The number of ether oxygens (including phenoxy) is 1. The van der Waals surface area contributed by atoms with E-state index in [2.05, 4.69) is 26.8 Å². The molecule has 8 atom stereocenters. The molecule has 138 valence electrons. The number of carbonyl (C=O) groups is 1. The quantitative estimate of drug-likeness (QED) is 0.577. The molecule has 1 N–H and O–H groups in total. The summed E-state index contributed by atoms with van der Waals surface area (Å²) in [6.07, 6.45) is 9.75. The van der Waals surface area contributed by atoms with Gasteiger partial charge >= 0.3 is 0 Å². The van der Waals surface area contributed by atoms with Gasteiger partial charge < -0.3 is 9.84 Å². The summed E-state index contributed by atoms with van der Waals surface area (Å²) in [6, 6.07) is 0. The molecule has 0 aromatic heterocycles. The highest BCUT2D eigenvalue weighted by Crippen LogP contribution is 2.77. The lowest BCUT2D eigenvalue weighted by Crippen LogP contribution is -2.54. The standard InChI is InChI=1S/C22H32O3/c1-13(23)22-20(3)10-8-17-16(18(20)12-21(22,4)25-22)6-5-14-11-15(24)7-9-19(14,17)2/h5,15-18,24H,6-12H2,1-4H3/t15-,16-,17+,18+,19-,20+,21-,22+/m0/s1. The normalized spacial score (nSPS) is 59.2. The van der Waals surface area contributed by atoms with Crippen LogP contribution in [0.15, 0.2) is 11.6 Å². The first-order chi connectivity index (χ1) is 11.7. The first kappa shape index (κ1) is 16.5. The summed E-state index contributed by atoms with van der Waals surface area (Å²) in [5.74, 6) is 2.23. The molecule has 0 aromatic rings. The molecule has 0 aromatic carbocycles. The SMILES string of the molecule is CC(=O)[C@]12O[C@@]1(C)C[C@@H]1[C@H]3CC=C4C[C@@H](O)CC[C@]4(C)[C@@H]3CC[C@]12C. The molecule has 3 saturated carbocycles. The molecule has 4 fully saturated rings. The van der Waals surface area contributed by atoms with Crippen molar-refractivity contribution in [2.24, 2.45) is 28.6 Å². The third-order valence-corrected chi connectivity index (χ3v) is 9.46. The van der Waals surface area contributed by atoms with E-state index in [-0.39, 0.29) is 28.3 Å². The molecule has 1 aliphatic heterocycles. The minimum atomic E-state index is -0.511. The second-order valence-corrected chi connectivity index (χ2v) is 10.4. The molecular formula is C22H32O3. The van der Waals surface area contributed by atoms with Crippen LogP contribution in [0.3, 0.4) is 0 Å². The predicted molar refractivity (Wildman–Crippen MR) is 96.0 cm³/mol. The number of aliphatic hydroxyl groups excluding tert-OH is 1. The van der Waals surface area contributed by atoms with E-state index < -0.39 is 5.60 Å². The summed E-state index contributed by atoms with van der Waals surface area (Å²) in [5, 5.41) is 10.1. The summed E-state index contributed by atoms with van der Waals surface area (Å²) in [5.41, 5.74) is 1.05. The van der Waals surface area contributed by atoms with Crippen LogP contribution in [0.1, 0.15) is 72.6 Å². The predicted octanol–water partition coefficient (Wildman–Crippen LogP) is 4.04. The Labute approximate surface area is 151 Å². The second kappa shape index (κ2) is 4.59. The Balaban J connectivity index is 1.53. The van der Waals surface area contributed by atoms with Crippen molar-refractivity contribution in [3.05, 3.63) is 11.6 Å². The van der Waals surface area contributed by atoms with Crippen LogP contribution in [-0.4, -0.2) is 28.2 Å². The van der Waals surface area contributed by atoms with Gasteiger partial charge in [0.15, 0.2) is 11.4 Å². The summed E-state index contributed by atoms with van der Waals surface area (Å²) in [4.78, 5) is 12.6. The summed E-state index contributed by atoms with van der Waals surface area (Å²) < 4.78 is 6.19. The van der Waals surface area contributed by atoms with E-state index in [0.29, 0.717) is 17.8 Å². The van der Waals surface area contributed by atoms with E-state index in [1.165, 1.54) is 12.0 Å². The van der Waals surface area contributed by atoms with Crippen LogP contribution in [0, 0.1) is 28.6 Å². The van der Waals surface area contributed by atoms with Gasteiger partial charge in [0.2, 0.25) is 0 Å². The zero-order valence-corrected chi connectivity index (χ0v) is 16.1. The number of Topliss-reactive ketones (excluding diaryl/α,β-unsaturated/α-hetero) is 1. The van der Waals surface area contributed by atoms with Gasteiger partial charge in [-0.25, -0.2) is 0 Å². The van der Waals surface area contributed by atoms with Gasteiger partial charge in [0.1, 0.15) is 5.60 Å². The summed E-state index contributed by atoms with van der Waals surface area (Å²) in [7, 11) is 0. The number of fused-ring (bicyclic) bond motifs is 7. The van der Waals surface area contributed by atoms with Gasteiger partial charge in [-0.15, -0.1) is 0 Å². The third-order valence-electron chi connectivity index (χ3n) is 9.46. The number of hydrogen-bond donors (Lipinski definition) is 1. The van der Waals surface area contributed by atoms with Crippen molar-refractivity contribution in [1.29, 1.82) is 0 Å². The van der Waals surface area contributed by atoms with Gasteiger partial charge in [-0.1, -0.05) is 25.5 Å². The van der Waals surface area contributed by atoms with Crippen molar-refractivity contribution >= 4 is 5.78 Å². The van der Waals surface area contributed by atoms with Gasteiger partial charge in [0.25, 0.3) is 0 Å². The molecular weight excluding hydrogens is 312 g/mol. The first-order valence-electron chi connectivity index (χ1n) is 10.3. The first-order valence-corrected chi connectivity index (χ1v) is 10.3. The highest BCUT2D eigenvalue weighted by molar-refractivity contribution is 5.91. The second-order valence-electron chi connectivity index (χ2n) is 10.4. The molecule has 0 amide bonds. The van der Waals surface area contributed by atoms with E-state index in [4.69, 9.17) is 4.74 Å². The van der Waals surface area contributed by atoms with Crippen LogP contribution < -0.4 is 0 Å². The zero-order chi connectivity index (χ0) is 17.8. The fraction of sp³-hybridized carbons (Fsp3) is 0.864. The number of ketones is 1. The van der Waals surface area contributed by atoms with Crippen LogP contribution in [-0.2, 0) is 9.53 Å². The van der Waals surface area contributed by atoms with E-state index in [1.807, 2.05) is 0 Å². The minimum Gasteiger partial charge on any atom is -0.393 e. The maximum Gasteiger partial charge on any atom is 0.165 e. The van der Waals surface area contributed by atoms with Crippen LogP contribution in [0.25, 0.3) is 0 Å². The fourth-order valence-corrected chi connectivity index (χ4v) is 8.26. The average molecular weight is 344 g/mol. The molecule has 4 aliphatic carbocycles. The topological polar surface area (TPSA) is 49.8 Å². The van der Waals surface area contributed by atoms with Crippen molar-refractivity contribution < 1.29 is 14.6 Å². The molecule has 5 rings (SSSR count). The Morgan fingerprint density at radius 1 is 1.20 bits per heavy atom. The molecule has 3 heteroatoms. The maximum absolute atomic E-state index is 12.6. The number of hydrogen-bond acceptors (Lipinski definition) is 3. The van der Waals surface area contributed by atoms with E-state index in [0.717, 1.165) is 38.5 Å². The third kappa shape index (κ3) is 1.69. The average Bonchev–Trinajstić information content (AvgIpc) is 3.13. The van der Waals surface area contributed by atoms with Gasteiger partial charge in [-0.05, 0) is 82.0 Å². The van der Waals surface area contributed by atoms with Crippen LogP contribution in [0.5, 0.6) is 0 Å². The maximum atomic E-state index is 12.6. The number of allylic oxidation sites excluding steroid dienone is 1. The zero-order valence-electron chi connectivity index (χ0n) is 16.1. The Hall–Kier alpha value is -0.670. The van der Waals surface area contributed by atoms with Crippen LogP contribution in [0.2, 0.25) is 0 Å². The number of aliphatic hydroxyl groups is 1. The van der Waals surface area contributed by atoms with E-state index >= 15 is 0 Å². The molecule has 3 nitrogen and oxygen atoms in total. The minimum absolute atomic E-state index is 0.00460. The molecule has 1 heterocycles. The fourth-order valence-electron chi connectivity index (χ4n) is 8.26.